The number of hydrogen-bond donors (Lipinski definition) is 1. The van der Waals surface area contributed by atoms with Gasteiger partial charge in [0.05, 0.1) is 18.4 Å². The van der Waals surface area contributed by atoms with Crippen LogP contribution in [0.3, 0.4) is 0 Å². The molecule has 0 unspecified atom stereocenters. The molecule has 1 aromatic heterocycles. The van der Waals surface area contributed by atoms with Crippen LogP contribution in [-0.4, -0.2) is 55.4 Å². The van der Waals surface area contributed by atoms with E-state index in [2.05, 4.69) is 5.10 Å². The number of alkyl halides is 1. The van der Waals surface area contributed by atoms with Gasteiger partial charge in [-0.1, -0.05) is 0 Å². The summed E-state index contributed by atoms with van der Waals surface area (Å²) in [5.41, 5.74) is 0.390. The van der Waals surface area contributed by atoms with Crippen molar-refractivity contribution in [1.82, 2.24) is 14.7 Å². The Morgan fingerprint density at radius 3 is 2.60 bits per heavy atom. The highest BCUT2D eigenvalue weighted by atomic mass is 35.5. The molecule has 0 bridgehead atoms. The van der Waals surface area contributed by atoms with Crippen molar-refractivity contribution >= 4 is 28.3 Å². The van der Waals surface area contributed by atoms with Crippen LogP contribution >= 0.6 is 12.4 Å². The summed E-state index contributed by atoms with van der Waals surface area (Å²) in [6.07, 6.45) is 2.37. The highest BCUT2D eigenvalue weighted by Crippen LogP contribution is 2.23. The lowest BCUT2D eigenvalue weighted by Crippen LogP contribution is -2.44. The molecule has 2 rings (SSSR count). The zero-order valence-corrected chi connectivity index (χ0v) is 12.9. The van der Waals surface area contributed by atoms with Crippen LogP contribution in [0.15, 0.2) is 12.4 Å². The summed E-state index contributed by atoms with van der Waals surface area (Å²) in [5.74, 6) is 0. The Kier molecular flexibility index (Phi) is 5.36. The number of rotatable bonds is 4. The second-order valence-corrected chi connectivity index (χ2v) is 6.35. The van der Waals surface area contributed by atoms with Gasteiger partial charge in [-0.15, -0.1) is 12.4 Å². The first-order valence-electron chi connectivity index (χ1n) is 5.91. The number of anilines is 1. The van der Waals surface area contributed by atoms with E-state index in [0.717, 1.165) is 4.31 Å². The van der Waals surface area contributed by atoms with E-state index in [1.165, 1.54) is 10.9 Å². The molecule has 0 radical (unpaired) electrons. The van der Waals surface area contributed by atoms with Crippen LogP contribution < -0.4 is 9.44 Å². The van der Waals surface area contributed by atoms with Gasteiger partial charge >= 0.3 is 0 Å². The Bertz CT molecular complexity index is 552. The summed E-state index contributed by atoms with van der Waals surface area (Å²) in [5, 5.41) is 9.15. The number of hydrogen-bond acceptors (Lipinski definition) is 4. The molecule has 10 heteroatoms. The van der Waals surface area contributed by atoms with Crippen LogP contribution in [-0.2, 0) is 17.3 Å². The number of nitrogens with zero attached hydrogens (tertiary/aromatic N) is 4. The van der Waals surface area contributed by atoms with Crippen molar-refractivity contribution in [3.05, 3.63) is 12.4 Å². The number of halogens is 2. The first-order valence-corrected chi connectivity index (χ1v) is 7.41. The van der Waals surface area contributed by atoms with Gasteiger partial charge in [0, 0.05) is 25.8 Å². The predicted molar refractivity (Wildman–Crippen MR) is 76.8 cm³/mol. The minimum atomic E-state index is -3.90. The Balaban J connectivity index is 0.00000200. The summed E-state index contributed by atoms with van der Waals surface area (Å²) < 4.78 is 39.2. The SMILES string of the molecule is CN1C[C@H](F)C[C@H]1CN(c1cnn(C)c1)S(N)(=O)=O.Cl. The lowest BCUT2D eigenvalue weighted by Gasteiger charge is -2.26. The molecule has 0 spiro atoms. The number of aromatic nitrogens is 2. The molecule has 7 nitrogen and oxygen atoms in total. The van der Waals surface area contributed by atoms with Gasteiger partial charge in [0.2, 0.25) is 0 Å². The largest absolute Gasteiger partial charge is 0.299 e. The first kappa shape index (κ1) is 17.2. The Morgan fingerprint density at radius 1 is 1.55 bits per heavy atom. The van der Waals surface area contributed by atoms with Crippen molar-refractivity contribution in [3.63, 3.8) is 0 Å². The third kappa shape index (κ3) is 3.81. The van der Waals surface area contributed by atoms with Crippen LogP contribution in [0.5, 0.6) is 0 Å². The highest BCUT2D eigenvalue weighted by molar-refractivity contribution is 7.90. The fourth-order valence-electron chi connectivity index (χ4n) is 2.31. The molecule has 20 heavy (non-hydrogen) atoms. The topological polar surface area (TPSA) is 84.5 Å². The second kappa shape index (κ2) is 6.25. The van der Waals surface area contributed by atoms with Crippen molar-refractivity contribution in [1.29, 1.82) is 0 Å². The average molecular weight is 328 g/mol. The van der Waals surface area contributed by atoms with E-state index in [1.807, 2.05) is 0 Å². The van der Waals surface area contributed by atoms with Crippen molar-refractivity contribution < 1.29 is 12.8 Å². The van der Waals surface area contributed by atoms with Gasteiger partial charge in [0.25, 0.3) is 10.2 Å². The van der Waals surface area contributed by atoms with Crippen molar-refractivity contribution in [2.45, 2.75) is 18.6 Å². The summed E-state index contributed by atoms with van der Waals surface area (Å²) in [4.78, 5) is 1.80. The highest BCUT2D eigenvalue weighted by Gasteiger charge is 2.33. The van der Waals surface area contributed by atoms with E-state index >= 15 is 0 Å². The number of likely N-dealkylation sites (tertiary alicyclic amines) is 1. The summed E-state index contributed by atoms with van der Waals surface area (Å²) in [6.45, 7) is 0.442. The molecule has 0 aromatic carbocycles. The molecule has 0 saturated carbocycles. The smallest absolute Gasteiger partial charge is 0.299 e. The Hall–Kier alpha value is -0.900. The minimum Gasteiger partial charge on any atom is -0.299 e. The van der Waals surface area contributed by atoms with E-state index in [1.54, 1.807) is 25.2 Å². The summed E-state index contributed by atoms with van der Waals surface area (Å²) in [7, 11) is -0.445. The van der Waals surface area contributed by atoms with Crippen LogP contribution in [0.4, 0.5) is 10.1 Å². The van der Waals surface area contributed by atoms with Crippen molar-refractivity contribution in [2.24, 2.45) is 12.2 Å². The maximum Gasteiger partial charge on any atom is 0.299 e. The second-order valence-electron chi connectivity index (χ2n) is 4.87. The lowest BCUT2D eigenvalue weighted by atomic mass is 10.2. The van der Waals surface area contributed by atoms with Gasteiger partial charge in [-0.2, -0.15) is 13.5 Å². The molecule has 1 aromatic rings. The van der Waals surface area contributed by atoms with Crippen molar-refractivity contribution in [3.8, 4) is 0 Å². The van der Waals surface area contributed by atoms with Gasteiger partial charge in [-0.05, 0) is 13.5 Å². The summed E-state index contributed by atoms with van der Waals surface area (Å²) >= 11 is 0. The third-order valence-corrected chi connectivity index (χ3v) is 4.27. The molecule has 2 atom stereocenters. The predicted octanol–water partition coefficient (Wildman–Crippen LogP) is -0.106. The number of nitrogens with two attached hydrogens (primary N) is 1. The van der Waals surface area contributed by atoms with Gasteiger partial charge < -0.3 is 0 Å². The molecular formula is C10H19ClFN5O2S. The quantitative estimate of drug-likeness (QED) is 0.836. The van der Waals surface area contributed by atoms with E-state index in [-0.39, 0.29) is 25.0 Å². The molecular weight excluding hydrogens is 309 g/mol. The maximum absolute atomic E-state index is 13.3. The number of aryl methyl sites for hydroxylation is 1. The van der Waals surface area contributed by atoms with Gasteiger partial charge in [0.15, 0.2) is 0 Å². The van der Waals surface area contributed by atoms with Crippen LogP contribution in [0.25, 0.3) is 0 Å². The molecule has 116 valence electrons. The summed E-state index contributed by atoms with van der Waals surface area (Å²) in [6, 6.07) is -0.187. The molecule has 0 aliphatic carbocycles. The molecule has 0 amide bonds. The van der Waals surface area contributed by atoms with Crippen LogP contribution in [0.2, 0.25) is 0 Å². The molecule has 1 fully saturated rings. The molecule has 1 saturated heterocycles. The number of likely N-dealkylation sites (N-methyl/N-ethyl adjacent to an activating group) is 1. The third-order valence-electron chi connectivity index (χ3n) is 3.30. The van der Waals surface area contributed by atoms with Gasteiger partial charge in [-0.3, -0.25) is 13.9 Å². The lowest BCUT2D eigenvalue weighted by molar-refractivity contribution is 0.297. The fraction of sp³-hybridized carbons (Fsp3) is 0.700. The molecule has 2 heterocycles. The van der Waals surface area contributed by atoms with Gasteiger partial charge in [-0.25, -0.2) is 9.53 Å². The van der Waals surface area contributed by atoms with E-state index in [0.29, 0.717) is 18.7 Å². The molecule has 2 N–H and O–H groups in total. The standard InChI is InChI=1S/C10H18FN5O2S.ClH/c1-14-5-8(11)3-9(14)7-16(19(12,17)18)10-4-13-15(2)6-10;/h4,6,8-9H,3,5,7H2,1-2H3,(H2,12,17,18);1H/t8-,9+;/m1./s1. The monoisotopic (exact) mass is 327 g/mol. The van der Waals surface area contributed by atoms with Gasteiger partial charge in [0.1, 0.15) is 6.17 Å². The zero-order valence-electron chi connectivity index (χ0n) is 11.3. The zero-order chi connectivity index (χ0) is 14.2. The fourth-order valence-corrected chi connectivity index (χ4v) is 3.08. The maximum atomic E-state index is 13.3. The van der Waals surface area contributed by atoms with Crippen molar-refractivity contribution in [2.75, 3.05) is 24.4 Å². The normalized spacial score (nSPS) is 23.6. The minimum absolute atomic E-state index is 0. The van der Waals surface area contributed by atoms with Crippen LogP contribution in [0, 0.1) is 0 Å². The molecule has 1 aliphatic rings. The van der Waals surface area contributed by atoms with E-state index in [9.17, 15) is 12.8 Å². The molecule has 1 aliphatic heterocycles. The average Bonchev–Trinajstić information content (AvgIpc) is 2.80. The van der Waals surface area contributed by atoms with E-state index in [4.69, 9.17) is 5.14 Å². The Labute approximate surface area is 124 Å². The Morgan fingerprint density at radius 2 is 2.20 bits per heavy atom. The van der Waals surface area contributed by atoms with Crippen LogP contribution in [0.1, 0.15) is 6.42 Å². The first-order chi connectivity index (χ1) is 8.77. The van der Waals surface area contributed by atoms with E-state index < -0.39 is 16.4 Å².